The normalized spacial score (nSPS) is 17.4. The summed E-state index contributed by atoms with van der Waals surface area (Å²) < 4.78 is 0. The molecule has 1 unspecified atom stereocenters. The van der Waals surface area contributed by atoms with Crippen molar-refractivity contribution in [1.29, 1.82) is 0 Å². The van der Waals surface area contributed by atoms with Crippen molar-refractivity contribution in [2.24, 2.45) is 5.92 Å². The predicted molar refractivity (Wildman–Crippen MR) is 75.5 cm³/mol. The predicted octanol–water partition coefficient (Wildman–Crippen LogP) is 3.23. The topological polar surface area (TPSA) is 23.5 Å². The fourth-order valence-electron chi connectivity index (χ4n) is 2.29. The summed E-state index contributed by atoms with van der Waals surface area (Å²) >= 11 is 0. The van der Waals surface area contributed by atoms with Gasteiger partial charge in [-0.3, -0.25) is 4.90 Å². The average molecular weight is 247 g/mol. The highest BCUT2D eigenvalue weighted by Gasteiger charge is 2.30. The van der Waals surface area contributed by atoms with E-state index in [0.29, 0.717) is 0 Å². The number of benzene rings is 1. The van der Waals surface area contributed by atoms with E-state index in [1.165, 1.54) is 19.3 Å². The van der Waals surface area contributed by atoms with Crippen LogP contribution in [0.4, 0.5) is 0 Å². The highest BCUT2D eigenvalue weighted by Crippen LogP contribution is 2.29. The van der Waals surface area contributed by atoms with Crippen molar-refractivity contribution in [3.63, 3.8) is 0 Å². The summed E-state index contributed by atoms with van der Waals surface area (Å²) in [5, 5.41) is 10.3. The van der Waals surface area contributed by atoms with Gasteiger partial charge in [0.2, 0.25) is 0 Å². The van der Waals surface area contributed by atoms with Crippen LogP contribution in [0.5, 0.6) is 0 Å². The van der Waals surface area contributed by atoms with Gasteiger partial charge < -0.3 is 5.11 Å². The molecule has 1 N–H and O–H groups in total. The summed E-state index contributed by atoms with van der Waals surface area (Å²) in [6, 6.07) is 10.7. The van der Waals surface area contributed by atoms with Gasteiger partial charge in [-0.1, -0.05) is 44.2 Å². The Morgan fingerprint density at radius 2 is 1.89 bits per heavy atom. The molecular weight excluding hydrogens is 222 g/mol. The lowest BCUT2D eigenvalue weighted by Crippen LogP contribution is -2.32. The Kier molecular flexibility index (Phi) is 4.79. The Hall–Kier alpha value is -0.860. The molecule has 1 aliphatic carbocycles. The molecule has 1 fully saturated rings. The zero-order chi connectivity index (χ0) is 13.0. The van der Waals surface area contributed by atoms with Crippen LogP contribution in [-0.4, -0.2) is 29.1 Å². The van der Waals surface area contributed by atoms with Crippen LogP contribution in [0.15, 0.2) is 30.3 Å². The molecule has 1 aromatic rings. The number of rotatable bonds is 7. The number of hydrogen-bond donors (Lipinski definition) is 1. The second-order valence-electron chi connectivity index (χ2n) is 5.84. The van der Waals surface area contributed by atoms with Crippen molar-refractivity contribution in [3.8, 4) is 0 Å². The molecule has 1 atom stereocenters. The molecule has 0 heterocycles. The standard InChI is InChI=1S/C16H25NO/c1-13(2)10-11-17(15-8-9-15)12-16(18)14-6-4-3-5-7-14/h3-7,13,15-16,18H,8-12H2,1-2H3. The van der Waals surface area contributed by atoms with Crippen molar-refractivity contribution < 1.29 is 5.11 Å². The van der Waals surface area contributed by atoms with Gasteiger partial charge in [0.25, 0.3) is 0 Å². The maximum atomic E-state index is 10.3. The SMILES string of the molecule is CC(C)CCN(CC(O)c1ccccc1)C1CC1. The van der Waals surface area contributed by atoms with E-state index < -0.39 is 0 Å². The monoisotopic (exact) mass is 247 g/mol. The molecule has 0 radical (unpaired) electrons. The van der Waals surface area contributed by atoms with E-state index in [1.807, 2.05) is 30.3 Å². The lowest BCUT2D eigenvalue weighted by atomic mass is 10.1. The van der Waals surface area contributed by atoms with E-state index in [4.69, 9.17) is 0 Å². The Morgan fingerprint density at radius 1 is 1.22 bits per heavy atom. The molecule has 100 valence electrons. The molecular formula is C16H25NO. The molecule has 2 heteroatoms. The van der Waals surface area contributed by atoms with Crippen LogP contribution in [0.1, 0.15) is 44.8 Å². The Labute approximate surface area is 111 Å². The minimum atomic E-state index is -0.348. The highest BCUT2D eigenvalue weighted by molar-refractivity contribution is 5.17. The maximum Gasteiger partial charge on any atom is 0.0917 e. The summed E-state index contributed by atoms with van der Waals surface area (Å²) in [5.74, 6) is 0.736. The molecule has 0 aromatic heterocycles. The van der Waals surface area contributed by atoms with E-state index in [-0.39, 0.29) is 6.10 Å². The lowest BCUT2D eigenvalue weighted by Gasteiger charge is -2.25. The molecule has 1 aromatic carbocycles. The highest BCUT2D eigenvalue weighted by atomic mass is 16.3. The summed E-state index contributed by atoms with van der Waals surface area (Å²) in [7, 11) is 0. The first kappa shape index (κ1) is 13.6. The van der Waals surface area contributed by atoms with Crippen molar-refractivity contribution in [3.05, 3.63) is 35.9 Å². The van der Waals surface area contributed by atoms with E-state index in [2.05, 4.69) is 18.7 Å². The lowest BCUT2D eigenvalue weighted by molar-refractivity contribution is 0.105. The van der Waals surface area contributed by atoms with Crippen molar-refractivity contribution in [2.45, 2.75) is 45.3 Å². The molecule has 0 saturated heterocycles. The van der Waals surface area contributed by atoms with Crippen molar-refractivity contribution >= 4 is 0 Å². The van der Waals surface area contributed by atoms with Gasteiger partial charge in [0, 0.05) is 12.6 Å². The van der Waals surface area contributed by atoms with Crippen LogP contribution >= 0.6 is 0 Å². The van der Waals surface area contributed by atoms with Crippen LogP contribution in [0, 0.1) is 5.92 Å². The Bertz CT molecular complexity index is 345. The van der Waals surface area contributed by atoms with E-state index in [0.717, 1.165) is 30.6 Å². The van der Waals surface area contributed by atoms with Gasteiger partial charge in [0.1, 0.15) is 0 Å². The zero-order valence-electron chi connectivity index (χ0n) is 11.5. The van der Waals surface area contributed by atoms with Gasteiger partial charge in [-0.2, -0.15) is 0 Å². The molecule has 2 nitrogen and oxygen atoms in total. The number of aliphatic hydroxyl groups is 1. The zero-order valence-corrected chi connectivity index (χ0v) is 11.5. The minimum absolute atomic E-state index is 0.348. The van der Waals surface area contributed by atoms with Crippen LogP contribution in [0.2, 0.25) is 0 Å². The number of aliphatic hydroxyl groups excluding tert-OH is 1. The molecule has 18 heavy (non-hydrogen) atoms. The molecule has 1 saturated carbocycles. The first-order valence-electron chi connectivity index (χ1n) is 7.14. The van der Waals surface area contributed by atoms with Gasteiger partial charge >= 0.3 is 0 Å². The number of hydrogen-bond acceptors (Lipinski definition) is 2. The largest absolute Gasteiger partial charge is 0.387 e. The minimum Gasteiger partial charge on any atom is -0.387 e. The summed E-state index contributed by atoms with van der Waals surface area (Å²) in [5.41, 5.74) is 1.03. The average Bonchev–Trinajstić information content (AvgIpc) is 3.19. The van der Waals surface area contributed by atoms with E-state index >= 15 is 0 Å². The van der Waals surface area contributed by atoms with Gasteiger partial charge in [-0.05, 0) is 37.3 Å². The van der Waals surface area contributed by atoms with Crippen LogP contribution < -0.4 is 0 Å². The van der Waals surface area contributed by atoms with Crippen molar-refractivity contribution in [2.75, 3.05) is 13.1 Å². The van der Waals surface area contributed by atoms with Crippen LogP contribution in [0.3, 0.4) is 0 Å². The van der Waals surface area contributed by atoms with E-state index in [1.54, 1.807) is 0 Å². The number of nitrogens with zero attached hydrogens (tertiary/aromatic N) is 1. The third-order valence-electron chi connectivity index (χ3n) is 3.65. The van der Waals surface area contributed by atoms with Crippen LogP contribution in [-0.2, 0) is 0 Å². The van der Waals surface area contributed by atoms with Gasteiger partial charge in [0.15, 0.2) is 0 Å². The Balaban J connectivity index is 1.88. The molecule has 0 aliphatic heterocycles. The first-order valence-corrected chi connectivity index (χ1v) is 7.14. The molecule has 2 rings (SSSR count). The fourth-order valence-corrected chi connectivity index (χ4v) is 2.29. The third-order valence-corrected chi connectivity index (χ3v) is 3.65. The van der Waals surface area contributed by atoms with Gasteiger partial charge in [-0.25, -0.2) is 0 Å². The molecule has 0 bridgehead atoms. The maximum absolute atomic E-state index is 10.3. The molecule has 0 spiro atoms. The van der Waals surface area contributed by atoms with Crippen molar-refractivity contribution in [1.82, 2.24) is 4.90 Å². The smallest absolute Gasteiger partial charge is 0.0917 e. The molecule has 0 amide bonds. The van der Waals surface area contributed by atoms with Crippen LogP contribution in [0.25, 0.3) is 0 Å². The summed E-state index contributed by atoms with van der Waals surface area (Å²) in [4.78, 5) is 2.47. The summed E-state index contributed by atoms with van der Waals surface area (Å²) in [6.45, 7) is 6.42. The van der Waals surface area contributed by atoms with Gasteiger partial charge in [-0.15, -0.1) is 0 Å². The van der Waals surface area contributed by atoms with Gasteiger partial charge in [0.05, 0.1) is 6.10 Å². The second-order valence-corrected chi connectivity index (χ2v) is 5.84. The first-order chi connectivity index (χ1) is 8.66. The summed E-state index contributed by atoms with van der Waals surface area (Å²) in [6.07, 6.45) is 3.48. The third kappa shape index (κ3) is 4.11. The quantitative estimate of drug-likeness (QED) is 0.799. The fraction of sp³-hybridized carbons (Fsp3) is 0.625. The second kappa shape index (κ2) is 6.35. The van der Waals surface area contributed by atoms with E-state index in [9.17, 15) is 5.11 Å². The Morgan fingerprint density at radius 3 is 2.44 bits per heavy atom. The molecule has 1 aliphatic rings.